The van der Waals surface area contributed by atoms with Crippen LogP contribution < -0.4 is 4.72 Å². The minimum atomic E-state index is -3.66. The zero-order valence-electron chi connectivity index (χ0n) is 12.0. The molecule has 1 aliphatic carbocycles. The van der Waals surface area contributed by atoms with Gasteiger partial charge < -0.3 is 5.11 Å². The second kappa shape index (κ2) is 6.85. The van der Waals surface area contributed by atoms with Crippen LogP contribution in [-0.2, 0) is 15.8 Å². The van der Waals surface area contributed by atoms with Crippen LogP contribution in [0.5, 0.6) is 0 Å². The highest BCUT2D eigenvalue weighted by atomic mass is 32.2. The van der Waals surface area contributed by atoms with Crippen molar-refractivity contribution in [3.8, 4) is 0 Å². The summed E-state index contributed by atoms with van der Waals surface area (Å²) >= 11 is 0. The third kappa shape index (κ3) is 5.05. The summed E-state index contributed by atoms with van der Waals surface area (Å²) in [5.74, 6) is -0.938. The number of halogens is 1. The Bertz CT molecular complexity index is 566. The number of nitrogens with one attached hydrogen (secondary N) is 1. The maximum absolute atomic E-state index is 13.5. The van der Waals surface area contributed by atoms with Crippen LogP contribution >= 0.6 is 0 Å². The molecule has 2 N–H and O–H groups in total. The molecule has 0 heterocycles. The fourth-order valence-electron chi connectivity index (χ4n) is 2.68. The molecular weight excluding hydrogens is 293 g/mol. The van der Waals surface area contributed by atoms with Gasteiger partial charge >= 0.3 is 0 Å². The zero-order valence-corrected chi connectivity index (χ0v) is 12.8. The standard InChI is InChI=1S/C15H22FNO3S/c16-14-8-4-3-7-13(14)11-21(19,20)17-12-15(18)9-5-1-2-6-10-15/h3-4,7-8,17-18H,1-2,5-6,9-12H2. The minimum absolute atomic E-state index is 0.00376. The molecule has 1 aliphatic rings. The largest absolute Gasteiger partial charge is 0.389 e. The molecular formula is C15H22FNO3S. The van der Waals surface area contributed by atoms with Gasteiger partial charge in [0.1, 0.15) is 5.82 Å². The van der Waals surface area contributed by atoms with Crippen molar-refractivity contribution in [2.45, 2.75) is 49.9 Å². The Labute approximate surface area is 125 Å². The number of hydrogen-bond donors (Lipinski definition) is 2. The van der Waals surface area contributed by atoms with Crippen LogP contribution in [0.25, 0.3) is 0 Å². The monoisotopic (exact) mass is 315 g/mol. The minimum Gasteiger partial charge on any atom is -0.389 e. The first-order valence-electron chi connectivity index (χ1n) is 7.33. The van der Waals surface area contributed by atoms with Crippen molar-refractivity contribution in [3.05, 3.63) is 35.6 Å². The number of aliphatic hydroxyl groups is 1. The molecule has 21 heavy (non-hydrogen) atoms. The van der Waals surface area contributed by atoms with E-state index in [1.807, 2.05) is 0 Å². The van der Waals surface area contributed by atoms with Crippen molar-refractivity contribution in [1.82, 2.24) is 4.72 Å². The molecule has 1 saturated carbocycles. The topological polar surface area (TPSA) is 66.4 Å². The van der Waals surface area contributed by atoms with Crippen molar-refractivity contribution < 1.29 is 17.9 Å². The van der Waals surface area contributed by atoms with Crippen molar-refractivity contribution in [1.29, 1.82) is 0 Å². The Hall–Kier alpha value is -0.980. The maximum atomic E-state index is 13.5. The van der Waals surface area contributed by atoms with Gasteiger partial charge in [0.15, 0.2) is 0 Å². The lowest BCUT2D eigenvalue weighted by Gasteiger charge is -2.26. The summed E-state index contributed by atoms with van der Waals surface area (Å²) in [5, 5.41) is 10.4. The van der Waals surface area contributed by atoms with Gasteiger partial charge in [-0.1, -0.05) is 43.9 Å². The molecule has 0 aliphatic heterocycles. The fourth-order valence-corrected chi connectivity index (χ4v) is 3.91. The van der Waals surface area contributed by atoms with Crippen LogP contribution in [0.1, 0.15) is 44.1 Å². The predicted octanol–water partition coefficient (Wildman–Crippen LogP) is 2.33. The van der Waals surface area contributed by atoms with Gasteiger partial charge in [0, 0.05) is 12.1 Å². The molecule has 0 bridgehead atoms. The Kier molecular flexibility index (Phi) is 5.35. The summed E-state index contributed by atoms with van der Waals surface area (Å²) in [5.41, 5.74) is -0.837. The van der Waals surface area contributed by atoms with Crippen molar-refractivity contribution in [2.75, 3.05) is 6.54 Å². The van der Waals surface area contributed by atoms with Crippen LogP contribution in [0, 0.1) is 5.82 Å². The summed E-state index contributed by atoms with van der Waals surface area (Å²) in [6.07, 6.45) is 5.18. The lowest BCUT2D eigenvalue weighted by molar-refractivity contribution is 0.0303. The summed E-state index contributed by atoms with van der Waals surface area (Å²) in [6.45, 7) is 0.00376. The molecule has 0 atom stereocenters. The van der Waals surface area contributed by atoms with Gasteiger partial charge in [0.25, 0.3) is 0 Å². The molecule has 1 aromatic rings. The van der Waals surface area contributed by atoms with E-state index >= 15 is 0 Å². The van der Waals surface area contributed by atoms with E-state index < -0.39 is 27.2 Å². The van der Waals surface area contributed by atoms with Crippen LogP contribution in [-0.4, -0.2) is 25.7 Å². The Balaban J connectivity index is 1.96. The maximum Gasteiger partial charge on any atom is 0.215 e. The lowest BCUT2D eigenvalue weighted by Crippen LogP contribution is -2.42. The summed E-state index contributed by atoms with van der Waals surface area (Å²) < 4.78 is 40.0. The van der Waals surface area contributed by atoms with Crippen LogP contribution in [0.3, 0.4) is 0 Å². The van der Waals surface area contributed by atoms with E-state index in [0.717, 1.165) is 25.7 Å². The molecule has 0 amide bonds. The molecule has 4 nitrogen and oxygen atoms in total. The smallest absolute Gasteiger partial charge is 0.215 e. The highest BCUT2D eigenvalue weighted by Gasteiger charge is 2.29. The zero-order chi connectivity index (χ0) is 15.3. The molecule has 0 aromatic heterocycles. The highest BCUT2D eigenvalue weighted by molar-refractivity contribution is 7.88. The summed E-state index contributed by atoms with van der Waals surface area (Å²) in [6, 6.07) is 5.82. The van der Waals surface area contributed by atoms with Crippen molar-refractivity contribution >= 4 is 10.0 Å². The molecule has 1 aromatic carbocycles. The average molecular weight is 315 g/mol. The number of rotatable bonds is 5. The van der Waals surface area contributed by atoms with Crippen molar-refractivity contribution in [2.24, 2.45) is 0 Å². The first kappa shape index (κ1) is 16.4. The fraction of sp³-hybridized carbons (Fsp3) is 0.600. The molecule has 0 saturated heterocycles. The molecule has 118 valence electrons. The van der Waals surface area contributed by atoms with Crippen molar-refractivity contribution in [3.63, 3.8) is 0 Å². The van der Waals surface area contributed by atoms with E-state index in [2.05, 4.69) is 4.72 Å². The third-order valence-electron chi connectivity index (χ3n) is 3.96. The van der Waals surface area contributed by atoms with E-state index in [1.165, 1.54) is 18.2 Å². The quantitative estimate of drug-likeness (QED) is 0.820. The SMILES string of the molecule is O=S(=O)(Cc1ccccc1F)NCC1(O)CCCCCC1. The summed E-state index contributed by atoms with van der Waals surface area (Å²) in [7, 11) is -3.66. The Morgan fingerprint density at radius 2 is 1.76 bits per heavy atom. The average Bonchev–Trinajstić information content (AvgIpc) is 2.65. The van der Waals surface area contributed by atoms with E-state index in [9.17, 15) is 17.9 Å². The Morgan fingerprint density at radius 3 is 2.38 bits per heavy atom. The van der Waals surface area contributed by atoms with Gasteiger partial charge in [0.05, 0.1) is 11.4 Å². The molecule has 6 heteroatoms. The van der Waals surface area contributed by atoms with Gasteiger partial charge in [0.2, 0.25) is 10.0 Å². The van der Waals surface area contributed by atoms with E-state index in [1.54, 1.807) is 6.07 Å². The van der Waals surface area contributed by atoms with Gasteiger partial charge in [-0.15, -0.1) is 0 Å². The first-order valence-corrected chi connectivity index (χ1v) is 8.99. The number of benzene rings is 1. The number of sulfonamides is 1. The second-order valence-electron chi connectivity index (χ2n) is 5.81. The Morgan fingerprint density at radius 1 is 1.14 bits per heavy atom. The van der Waals surface area contributed by atoms with Gasteiger partial charge in [-0.3, -0.25) is 0 Å². The molecule has 0 unspecified atom stereocenters. The third-order valence-corrected chi connectivity index (χ3v) is 5.23. The predicted molar refractivity (Wildman–Crippen MR) is 79.7 cm³/mol. The lowest BCUT2D eigenvalue weighted by atomic mass is 9.95. The number of hydrogen-bond acceptors (Lipinski definition) is 3. The van der Waals surface area contributed by atoms with Gasteiger partial charge in [-0.2, -0.15) is 0 Å². The normalized spacial score (nSPS) is 19.1. The van der Waals surface area contributed by atoms with Crippen LogP contribution in [0.4, 0.5) is 4.39 Å². The van der Waals surface area contributed by atoms with Gasteiger partial charge in [-0.25, -0.2) is 17.5 Å². The highest BCUT2D eigenvalue weighted by Crippen LogP contribution is 2.26. The molecule has 1 fully saturated rings. The summed E-state index contributed by atoms with van der Waals surface area (Å²) in [4.78, 5) is 0. The van der Waals surface area contributed by atoms with E-state index in [0.29, 0.717) is 12.8 Å². The second-order valence-corrected chi connectivity index (χ2v) is 7.62. The van der Waals surface area contributed by atoms with E-state index in [-0.39, 0.29) is 12.1 Å². The molecule has 0 radical (unpaired) electrons. The molecule has 0 spiro atoms. The first-order chi connectivity index (χ1) is 9.90. The van der Waals surface area contributed by atoms with Crippen LogP contribution in [0.15, 0.2) is 24.3 Å². The van der Waals surface area contributed by atoms with Gasteiger partial charge in [-0.05, 0) is 18.9 Å². The van der Waals surface area contributed by atoms with Crippen LogP contribution in [0.2, 0.25) is 0 Å². The molecule has 2 rings (SSSR count). The van der Waals surface area contributed by atoms with E-state index in [4.69, 9.17) is 0 Å².